The third-order valence-corrected chi connectivity index (χ3v) is 3.14. The van der Waals surface area contributed by atoms with E-state index < -0.39 is 0 Å². The molecule has 0 amide bonds. The summed E-state index contributed by atoms with van der Waals surface area (Å²) in [7, 11) is 0. The van der Waals surface area contributed by atoms with Crippen LogP contribution in [0.4, 0.5) is 5.82 Å². The summed E-state index contributed by atoms with van der Waals surface area (Å²) in [6, 6.07) is 3.60. The molecule has 4 heteroatoms. The Morgan fingerprint density at radius 3 is 2.62 bits per heavy atom. The minimum absolute atomic E-state index is 0.126. The molecule has 0 aliphatic carbocycles. The van der Waals surface area contributed by atoms with Gasteiger partial charge >= 0.3 is 0 Å². The van der Waals surface area contributed by atoms with E-state index in [1.165, 1.54) is 0 Å². The van der Waals surface area contributed by atoms with Crippen LogP contribution in [0, 0.1) is 5.92 Å². The molecule has 0 aliphatic heterocycles. The van der Waals surface area contributed by atoms with Crippen LogP contribution in [0.1, 0.15) is 32.4 Å². The molecule has 0 saturated heterocycles. The maximum absolute atomic E-state index is 9.04. The van der Waals surface area contributed by atoms with Crippen molar-refractivity contribution in [3.8, 4) is 0 Å². The average molecular weight is 243 g/mol. The molecular weight excluding hydrogens is 224 g/mol. The van der Waals surface area contributed by atoms with Crippen molar-refractivity contribution < 1.29 is 5.11 Å². The van der Waals surface area contributed by atoms with Gasteiger partial charge in [0.2, 0.25) is 0 Å². The van der Waals surface area contributed by atoms with Crippen molar-refractivity contribution in [3.05, 3.63) is 22.8 Å². The molecule has 90 valence electrons. The fourth-order valence-electron chi connectivity index (χ4n) is 1.52. The van der Waals surface area contributed by atoms with E-state index in [2.05, 4.69) is 24.1 Å². The lowest BCUT2D eigenvalue weighted by Crippen LogP contribution is -2.13. The third-order valence-electron chi connectivity index (χ3n) is 2.79. The zero-order chi connectivity index (χ0) is 12.0. The highest BCUT2D eigenvalue weighted by Gasteiger charge is 2.05. The van der Waals surface area contributed by atoms with Gasteiger partial charge in [0.1, 0.15) is 5.82 Å². The fourth-order valence-corrected chi connectivity index (χ4v) is 1.68. The second-order valence-corrected chi connectivity index (χ2v) is 4.25. The van der Waals surface area contributed by atoms with Crippen LogP contribution in [0.5, 0.6) is 0 Å². The standard InChI is InChI=1S/C12H19ClN2O/c1-3-9(4-2)7-14-12-6-5-10(13)11(8-16)15-12/h5-6,9,16H,3-4,7-8H2,1-2H3,(H,14,15). The molecule has 0 spiro atoms. The van der Waals surface area contributed by atoms with Gasteiger partial charge in [0, 0.05) is 6.54 Å². The summed E-state index contributed by atoms with van der Waals surface area (Å²) in [5, 5.41) is 12.8. The molecule has 0 radical (unpaired) electrons. The normalized spacial score (nSPS) is 10.8. The second-order valence-electron chi connectivity index (χ2n) is 3.85. The highest BCUT2D eigenvalue weighted by atomic mass is 35.5. The predicted molar refractivity (Wildman–Crippen MR) is 67.7 cm³/mol. The topological polar surface area (TPSA) is 45.1 Å². The number of hydrogen-bond acceptors (Lipinski definition) is 3. The minimum atomic E-state index is -0.126. The first-order valence-corrected chi connectivity index (χ1v) is 6.09. The van der Waals surface area contributed by atoms with Crippen molar-refractivity contribution in [1.29, 1.82) is 0 Å². The quantitative estimate of drug-likeness (QED) is 0.806. The molecule has 3 nitrogen and oxygen atoms in total. The van der Waals surface area contributed by atoms with Gasteiger partial charge in [-0.2, -0.15) is 0 Å². The van der Waals surface area contributed by atoms with Crippen molar-refractivity contribution >= 4 is 17.4 Å². The molecule has 1 aromatic rings. The summed E-state index contributed by atoms with van der Waals surface area (Å²) in [4.78, 5) is 4.24. The van der Waals surface area contributed by atoms with Gasteiger partial charge in [0.25, 0.3) is 0 Å². The molecule has 0 aromatic carbocycles. The monoisotopic (exact) mass is 242 g/mol. The summed E-state index contributed by atoms with van der Waals surface area (Å²) in [6.07, 6.45) is 2.31. The number of anilines is 1. The zero-order valence-electron chi connectivity index (χ0n) is 9.83. The van der Waals surface area contributed by atoms with Crippen LogP contribution >= 0.6 is 11.6 Å². The summed E-state index contributed by atoms with van der Waals surface area (Å²) >= 11 is 5.86. The van der Waals surface area contributed by atoms with E-state index in [0.29, 0.717) is 16.6 Å². The maximum Gasteiger partial charge on any atom is 0.126 e. The summed E-state index contributed by atoms with van der Waals surface area (Å²) in [6.45, 7) is 5.15. The number of hydrogen-bond donors (Lipinski definition) is 2. The summed E-state index contributed by atoms with van der Waals surface area (Å²) < 4.78 is 0. The Labute approximate surface area is 102 Å². The summed E-state index contributed by atoms with van der Waals surface area (Å²) in [5.41, 5.74) is 0.524. The number of rotatable bonds is 6. The highest BCUT2D eigenvalue weighted by molar-refractivity contribution is 6.31. The van der Waals surface area contributed by atoms with Gasteiger partial charge in [-0.15, -0.1) is 0 Å². The van der Waals surface area contributed by atoms with Crippen molar-refractivity contribution in [2.24, 2.45) is 5.92 Å². The Balaban J connectivity index is 2.60. The third kappa shape index (κ3) is 3.65. The fraction of sp³-hybridized carbons (Fsp3) is 0.583. The van der Waals surface area contributed by atoms with Crippen molar-refractivity contribution in [3.63, 3.8) is 0 Å². The largest absolute Gasteiger partial charge is 0.390 e. The van der Waals surface area contributed by atoms with E-state index >= 15 is 0 Å². The number of halogens is 1. The molecule has 0 atom stereocenters. The smallest absolute Gasteiger partial charge is 0.126 e. The van der Waals surface area contributed by atoms with Crippen LogP contribution in [0.25, 0.3) is 0 Å². The van der Waals surface area contributed by atoms with Crippen molar-refractivity contribution in [2.75, 3.05) is 11.9 Å². The van der Waals surface area contributed by atoms with Gasteiger partial charge in [-0.1, -0.05) is 38.3 Å². The molecule has 1 rings (SSSR count). The molecule has 1 aromatic heterocycles. The van der Waals surface area contributed by atoms with Gasteiger partial charge in [0.05, 0.1) is 17.3 Å². The first-order chi connectivity index (χ1) is 7.71. The van der Waals surface area contributed by atoms with Gasteiger partial charge in [-0.25, -0.2) is 4.98 Å². The number of aliphatic hydroxyl groups excluding tert-OH is 1. The van der Waals surface area contributed by atoms with E-state index in [1.807, 2.05) is 6.07 Å². The molecule has 0 aliphatic rings. The molecule has 2 N–H and O–H groups in total. The second kappa shape index (κ2) is 6.71. The molecular formula is C12H19ClN2O. The first-order valence-electron chi connectivity index (χ1n) is 5.71. The first kappa shape index (κ1) is 13.3. The van der Waals surface area contributed by atoms with E-state index in [9.17, 15) is 0 Å². The average Bonchev–Trinajstić information content (AvgIpc) is 2.32. The van der Waals surface area contributed by atoms with Crippen LogP contribution in [-0.4, -0.2) is 16.6 Å². The van der Waals surface area contributed by atoms with Crippen molar-refractivity contribution in [1.82, 2.24) is 4.98 Å². The Morgan fingerprint density at radius 2 is 2.06 bits per heavy atom. The van der Waals surface area contributed by atoms with E-state index in [0.717, 1.165) is 25.2 Å². The molecule has 16 heavy (non-hydrogen) atoms. The lowest BCUT2D eigenvalue weighted by molar-refractivity contribution is 0.277. The van der Waals surface area contributed by atoms with Crippen LogP contribution in [0.3, 0.4) is 0 Å². The predicted octanol–water partition coefficient (Wildman–Crippen LogP) is 3.08. The Kier molecular flexibility index (Phi) is 5.56. The lowest BCUT2D eigenvalue weighted by atomic mass is 10.0. The SMILES string of the molecule is CCC(CC)CNc1ccc(Cl)c(CO)n1. The van der Waals surface area contributed by atoms with Crippen LogP contribution in [-0.2, 0) is 6.61 Å². The van der Waals surface area contributed by atoms with Gasteiger partial charge in [0.15, 0.2) is 0 Å². The minimum Gasteiger partial charge on any atom is -0.390 e. The van der Waals surface area contributed by atoms with E-state index in [4.69, 9.17) is 16.7 Å². The van der Waals surface area contributed by atoms with Crippen LogP contribution in [0.15, 0.2) is 12.1 Å². The zero-order valence-corrected chi connectivity index (χ0v) is 10.6. The molecule has 0 fully saturated rings. The number of pyridine rings is 1. The van der Waals surface area contributed by atoms with Crippen LogP contribution < -0.4 is 5.32 Å². The number of aliphatic hydroxyl groups is 1. The number of nitrogens with zero attached hydrogens (tertiary/aromatic N) is 1. The summed E-state index contributed by atoms with van der Waals surface area (Å²) in [5.74, 6) is 1.44. The Morgan fingerprint density at radius 1 is 1.38 bits per heavy atom. The molecule has 0 bridgehead atoms. The molecule has 1 heterocycles. The Bertz CT molecular complexity index is 327. The van der Waals surface area contributed by atoms with E-state index in [-0.39, 0.29) is 6.61 Å². The molecule has 0 saturated carbocycles. The lowest BCUT2D eigenvalue weighted by Gasteiger charge is -2.14. The van der Waals surface area contributed by atoms with Gasteiger partial charge in [-0.3, -0.25) is 0 Å². The van der Waals surface area contributed by atoms with Crippen LogP contribution in [0.2, 0.25) is 5.02 Å². The number of aromatic nitrogens is 1. The van der Waals surface area contributed by atoms with E-state index in [1.54, 1.807) is 6.07 Å². The molecule has 0 unspecified atom stereocenters. The van der Waals surface area contributed by atoms with Gasteiger partial charge < -0.3 is 10.4 Å². The highest BCUT2D eigenvalue weighted by Crippen LogP contribution is 2.17. The van der Waals surface area contributed by atoms with Gasteiger partial charge in [-0.05, 0) is 18.1 Å². The Hall–Kier alpha value is -0.800. The number of nitrogens with one attached hydrogen (secondary N) is 1. The van der Waals surface area contributed by atoms with Crippen molar-refractivity contribution in [2.45, 2.75) is 33.3 Å². The maximum atomic E-state index is 9.04.